The van der Waals surface area contributed by atoms with E-state index in [-0.39, 0.29) is 12.0 Å². The van der Waals surface area contributed by atoms with Gasteiger partial charge in [-0.2, -0.15) is 17.5 Å². The summed E-state index contributed by atoms with van der Waals surface area (Å²) in [5.74, 6) is 0.958. The van der Waals surface area contributed by atoms with Crippen molar-refractivity contribution in [2.45, 2.75) is 38.9 Å². The van der Waals surface area contributed by atoms with E-state index in [0.29, 0.717) is 10.7 Å². The Hall–Kier alpha value is -1.63. The van der Waals surface area contributed by atoms with Crippen LogP contribution in [-0.2, 0) is 6.18 Å². The summed E-state index contributed by atoms with van der Waals surface area (Å²) in [6, 6.07) is 5.02. The van der Waals surface area contributed by atoms with Gasteiger partial charge in [-0.1, -0.05) is 26.0 Å². The van der Waals surface area contributed by atoms with Crippen molar-refractivity contribution in [3.8, 4) is 0 Å². The molecule has 0 saturated heterocycles. The predicted octanol–water partition coefficient (Wildman–Crippen LogP) is 4.85. The second kappa shape index (κ2) is 6.01. The highest BCUT2D eigenvalue weighted by molar-refractivity contribution is 7.09. The Kier molecular flexibility index (Phi) is 4.51. The van der Waals surface area contributed by atoms with Crippen molar-refractivity contribution in [3.05, 3.63) is 41.2 Å². The van der Waals surface area contributed by atoms with Crippen molar-refractivity contribution in [2.75, 3.05) is 5.32 Å². The molecule has 0 amide bonds. The highest BCUT2D eigenvalue weighted by Gasteiger charge is 2.30. The monoisotopic (exact) mass is 315 g/mol. The molecule has 21 heavy (non-hydrogen) atoms. The standard InChI is InChI=1S/C14H16F3N3S/c1-8(2)12-19-13(21-20-12)18-9(3)10-5-4-6-11(7-10)14(15,16)17/h4-9H,1-3H3,(H,18,19,20). The van der Waals surface area contributed by atoms with Crippen LogP contribution in [0, 0.1) is 0 Å². The molecule has 1 atom stereocenters. The number of nitrogens with one attached hydrogen (secondary N) is 1. The maximum absolute atomic E-state index is 12.7. The summed E-state index contributed by atoms with van der Waals surface area (Å²) in [7, 11) is 0. The molecule has 0 aliphatic heterocycles. The Morgan fingerprint density at radius 1 is 1.19 bits per heavy atom. The van der Waals surface area contributed by atoms with Crippen molar-refractivity contribution in [1.82, 2.24) is 9.36 Å². The van der Waals surface area contributed by atoms with E-state index in [1.807, 2.05) is 13.8 Å². The summed E-state index contributed by atoms with van der Waals surface area (Å²) in [6.45, 7) is 5.77. The number of hydrogen-bond acceptors (Lipinski definition) is 4. The fourth-order valence-electron chi connectivity index (χ4n) is 1.78. The van der Waals surface area contributed by atoms with E-state index in [0.717, 1.165) is 18.0 Å². The molecule has 0 fully saturated rings. The normalized spacial score (nSPS) is 13.5. The molecule has 3 nitrogen and oxygen atoms in total. The largest absolute Gasteiger partial charge is 0.416 e. The average Bonchev–Trinajstić information content (AvgIpc) is 2.86. The van der Waals surface area contributed by atoms with Gasteiger partial charge in [-0.15, -0.1) is 0 Å². The first-order valence-corrected chi connectivity index (χ1v) is 7.32. The van der Waals surface area contributed by atoms with Crippen molar-refractivity contribution in [2.24, 2.45) is 0 Å². The van der Waals surface area contributed by atoms with Gasteiger partial charge >= 0.3 is 6.18 Å². The summed E-state index contributed by atoms with van der Waals surface area (Å²) in [5, 5.41) is 3.70. The van der Waals surface area contributed by atoms with Crippen LogP contribution in [0.25, 0.3) is 0 Å². The van der Waals surface area contributed by atoms with Gasteiger partial charge in [-0.05, 0) is 24.6 Å². The molecular weight excluding hydrogens is 299 g/mol. The van der Waals surface area contributed by atoms with Crippen molar-refractivity contribution < 1.29 is 13.2 Å². The Labute approximate surface area is 125 Å². The summed E-state index contributed by atoms with van der Waals surface area (Å²) < 4.78 is 42.3. The van der Waals surface area contributed by atoms with Crippen molar-refractivity contribution in [1.29, 1.82) is 0 Å². The number of rotatable bonds is 4. The number of nitrogens with zero attached hydrogens (tertiary/aromatic N) is 2. The van der Waals surface area contributed by atoms with E-state index in [2.05, 4.69) is 14.7 Å². The zero-order valence-electron chi connectivity index (χ0n) is 11.9. The molecule has 0 spiro atoms. The third-order valence-corrected chi connectivity index (χ3v) is 3.67. The van der Waals surface area contributed by atoms with E-state index in [1.165, 1.54) is 17.6 Å². The molecule has 1 aromatic heterocycles. The smallest absolute Gasteiger partial charge is 0.354 e. The zero-order valence-corrected chi connectivity index (χ0v) is 12.7. The van der Waals surface area contributed by atoms with E-state index in [1.54, 1.807) is 13.0 Å². The van der Waals surface area contributed by atoms with E-state index < -0.39 is 11.7 Å². The van der Waals surface area contributed by atoms with Gasteiger partial charge in [0.2, 0.25) is 5.13 Å². The van der Waals surface area contributed by atoms with Crippen LogP contribution in [0.2, 0.25) is 0 Å². The molecule has 0 aliphatic carbocycles. The minimum Gasteiger partial charge on any atom is -0.354 e. The van der Waals surface area contributed by atoms with Gasteiger partial charge in [0.1, 0.15) is 5.82 Å². The lowest BCUT2D eigenvalue weighted by molar-refractivity contribution is -0.137. The molecule has 1 aromatic carbocycles. The van der Waals surface area contributed by atoms with E-state index in [9.17, 15) is 13.2 Å². The van der Waals surface area contributed by atoms with Gasteiger partial charge in [0.05, 0.1) is 11.6 Å². The Bertz CT molecular complexity index is 608. The SMILES string of the molecule is CC(C)c1nsc(NC(C)c2cccc(C(F)(F)F)c2)n1. The first-order valence-electron chi connectivity index (χ1n) is 6.54. The van der Waals surface area contributed by atoms with Gasteiger partial charge < -0.3 is 5.32 Å². The first kappa shape index (κ1) is 15.8. The summed E-state index contributed by atoms with van der Waals surface area (Å²) in [5.41, 5.74) is -0.0834. The molecule has 0 radical (unpaired) electrons. The number of anilines is 1. The van der Waals surface area contributed by atoms with E-state index in [4.69, 9.17) is 0 Å². The third-order valence-electron chi connectivity index (χ3n) is 3.01. The number of halogens is 3. The maximum atomic E-state index is 12.7. The van der Waals surface area contributed by atoms with Crippen molar-refractivity contribution in [3.63, 3.8) is 0 Å². The predicted molar refractivity (Wildman–Crippen MR) is 77.5 cm³/mol. The molecule has 114 valence electrons. The van der Waals surface area contributed by atoms with E-state index >= 15 is 0 Å². The maximum Gasteiger partial charge on any atom is 0.416 e. The number of alkyl halides is 3. The minimum absolute atomic E-state index is 0.223. The minimum atomic E-state index is -4.33. The highest BCUT2D eigenvalue weighted by Crippen LogP contribution is 2.31. The molecule has 2 rings (SSSR count). The first-order chi connectivity index (χ1) is 9.77. The molecule has 0 aliphatic rings. The molecule has 2 aromatic rings. The van der Waals surface area contributed by atoms with Crippen LogP contribution in [0.1, 0.15) is 49.7 Å². The van der Waals surface area contributed by atoms with Crippen LogP contribution >= 0.6 is 11.5 Å². The lowest BCUT2D eigenvalue weighted by atomic mass is 10.1. The second-order valence-corrected chi connectivity index (χ2v) is 5.85. The zero-order chi connectivity index (χ0) is 15.6. The Morgan fingerprint density at radius 2 is 1.90 bits per heavy atom. The van der Waals surface area contributed by atoms with Crippen LogP contribution in [-0.4, -0.2) is 9.36 Å². The third kappa shape index (κ3) is 3.93. The van der Waals surface area contributed by atoms with Gasteiger partial charge in [0.15, 0.2) is 0 Å². The molecular formula is C14H16F3N3S. The number of benzene rings is 1. The van der Waals surface area contributed by atoms with Gasteiger partial charge in [-0.3, -0.25) is 0 Å². The Balaban J connectivity index is 2.14. The summed E-state index contributed by atoms with van der Waals surface area (Å²) in [4.78, 5) is 4.32. The van der Waals surface area contributed by atoms with Crippen LogP contribution in [0.3, 0.4) is 0 Å². The lowest BCUT2D eigenvalue weighted by Crippen LogP contribution is -2.10. The summed E-state index contributed by atoms with van der Waals surface area (Å²) in [6.07, 6.45) is -4.33. The topological polar surface area (TPSA) is 37.8 Å². The van der Waals surface area contributed by atoms with Crippen molar-refractivity contribution >= 4 is 16.7 Å². The number of aromatic nitrogens is 2. The van der Waals surface area contributed by atoms with Gasteiger partial charge in [0, 0.05) is 17.5 Å². The fourth-order valence-corrected chi connectivity index (χ4v) is 2.58. The van der Waals surface area contributed by atoms with Crippen LogP contribution < -0.4 is 5.32 Å². The molecule has 1 N–H and O–H groups in total. The van der Waals surface area contributed by atoms with Gasteiger partial charge in [-0.25, -0.2) is 4.98 Å². The highest BCUT2D eigenvalue weighted by atomic mass is 32.1. The molecule has 7 heteroatoms. The lowest BCUT2D eigenvalue weighted by Gasteiger charge is -2.15. The second-order valence-electron chi connectivity index (χ2n) is 5.10. The fraction of sp³-hybridized carbons (Fsp3) is 0.429. The molecule has 1 unspecified atom stereocenters. The van der Waals surface area contributed by atoms with Gasteiger partial charge in [0.25, 0.3) is 0 Å². The van der Waals surface area contributed by atoms with Crippen LogP contribution in [0.5, 0.6) is 0 Å². The molecule has 0 saturated carbocycles. The molecule has 0 bridgehead atoms. The van der Waals surface area contributed by atoms with Crippen LogP contribution in [0.15, 0.2) is 24.3 Å². The Morgan fingerprint density at radius 3 is 2.48 bits per heavy atom. The average molecular weight is 315 g/mol. The quantitative estimate of drug-likeness (QED) is 0.876. The number of hydrogen-bond donors (Lipinski definition) is 1. The molecule has 1 heterocycles. The summed E-state index contributed by atoms with van der Waals surface area (Å²) >= 11 is 1.22. The van der Waals surface area contributed by atoms with Crippen LogP contribution in [0.4, 0.5) is 18.3 Å².